The third-order valence-electron chi connectivity index (χ3n) is 2.44. The van der Waals surface area contributed by atoms with Gasteiger partial charge >= 0.3 is 11.9 Å². The molecule has 0 bridgehead atoms. The molecule has 0 aliphatic carbocycles. The van der Waals surface area contributed by atoms with Crippen LogP contribution in [0.1, 0.15) is 27.6 Å². The molecule has 0 atom stereocenters. The van der Waals surface area contributed by atoms with E-state index in [1.54, 1.807) is 25.1 Å². The summed E-state index contributed by atoms with van der Waals surface area (Å²) in [5, 5.41) is 10.1. The van der Waals surface area contributed by atoms with Crippen LogP contribution < -0.4 is 0 Å². The van der Waals surface area contributed by atoms with Crippen LogP contribution in [-0.2, 0) is 4.74 Å². The number of carbonyl (C=O) groups excluding carboxylic acids is 1. The maximum absolute atomic E-state index is 11.5. The first kappa shape index (κ1) is 15.0. The summed E-state index contributed by atoms with van der Waals surface area (Å²) < 4.78 is 4.87. The van der Waals surface area contributed by atoms with E-state index in [9.17, 15) is 9.59 Å². The molecule has 2 aromatic heterocycles. The highest BCUT2D eigenvalue weighted by Crippen LogP contribution is 2.24. The average molecular weight is 304 g/mol. The molecule has 108 valence electrons. The molecule has 0 fully saturated rings. The maximum atomic E-state index is 11.5. The molecule has 0 saturated carbocycles. The Bertz CT molecular complexity index is 641. The van der Waals surface area contributed by atoms with Crippen molar-refractivity contribution in [1.82, 2.24) is 9.97 Å². The predicted octanol–water partition coefficient (Wildman–Crippen LogP) is 2.50. The molecular formula is C14H12N2O4S. The Kier molecular flexibility index (Phi) is 4.89. The first-order valence-electron chi connectivity index (χ1n) is 6.10. The number of carbonyl (C=O) groups is 2. The Morgan fingerprint density at radius 3 is 2.10 bits per heavy atom. The van der Waals surface area contributed by atoms with E-state index in [4.69, 9.17) is 9.84 Å². The molecule has 0 unspecified atom stereocenters. The van der Waals surface area contributed by atoms with Crippen molar-refractivity contribution in [3.63, 3.8) is 0 Å². The second-order valence-corrected chi connectivity index (χ2v) is 4.94. The van der Waals surface area contributed by atoms with Gasteiger partial charge in [-0.15, -0.1) is 0 Å². The summed E-state index contributed by atoms with van der Waals surface area (Å²) in [6.07, 6.45) is 2.73. The number of nitrogens with zero attached hydrogens (tertiary/aromatic N) is 2. The lowest BCUT2D eigenvalue weighted by atomic mass is 10.3. The summed E-state index contributed by atoms with van der Waals surface area (Å²) >= 11 is 1.27. The van der Waals surface area contributed by atoms with Crippen LogP contribution in [0.15, 0.2) is 46.7 Å². The number of carboxylic acids is 1. The Balaban J connectivity index is 2.06. The minimum absolute atomic E-state index is 0.130. The minimum Gasteiger partial charge on any atom is -0.478 e. The third kappa shape index (κ3) is 4.03. The van der Waals surface area contributed by atoms with Gasteiger partial charge in [-0.2, -0.15) is 0 Å². The molecule has 0 aliphatic rings. The van der Waals surface area contributed by atoms with Crippen molar-refractivity contribution in [2.24, 2.45) is 0 Å². The summed E-state index contributed by atoms with van der Waals surface area (Å²) in [6.45, 7) is 2.05. The highest BCUT2D eigenvalue weighted by Gasteiger charge is 2.08. The fourth-order valence-corrected chi connectivity index (χ4v) is 2.15. The summed E-state index contributed by atoms with van der Waals surface area (Å²) in [4.78, 5) is 30.4. The van der Waals surface area contributed by atoms with Crippen LogP contribution in [0, 0.1) is 0 Å². The van der Waals surface area contributed by atoms with Gasteiger partial charge in [-0.1, -0.05) is 11.8 Å². The number of aromatic nitrogens is 2. The standard InChI is InChI=1S/C14H12N2O4S/c1-2-20-14(19)10-4-6-12(16-8-10)21-11-5-3-9(7-15-11)13(17)18/h3-8H,2H2,1H3,(H,17,18). The summed E-state index contributed by atoms with van der Waals surface area (Å²) in [5.41, 5.74) is 0.514. The normalized spacial score (nSPS) is 10.1. The molecule has 0 aromatic carbocycles. The topological polar surface area (TPSA) is 89.4 Å². The molecule has 6 nitrogen and oxygen atoms in total. The van der Waals surface area contributed by atoms with E-state index in [2.05, 4.69) is 9.97 Å². The van der Waals surface area contributed by atoms with Gasteiger partial charge in [-0.05, 0) is 31.2 Å². The Hall–Kier alpha value is -2.41. The van der Waals surface area contributed by atoms with Crippen LogP contribution in [0.25, 0.3) is 0 Å². The van der Waals surface area contributed by atoms with E-state index >= 15 is 0 Å². The molecule has 2 heterocycles. The van der Waals surface area contributed by atoms with Gasteiger partial charge in [0.05, 0.1) is 17.7 Å². The fraction of sp³-hybridized carbons (Fsp3) is 0.143. The Morgan fingerprint density at radius 1 is 1.10 bits per heavy atom. The van der Waals surface area contributed by atoms with E-state index < -0.39 is 11.9 Å². The SMILES string of the molecule is CCOC(=O)c1ccc(Sc2ccc(C(=O)O)cn2)nc1. The minimum atomic E-state index is -1.02. The zero-order valence-electron chi connectivity index (χ0n) is 11.1. The number of esters is 1. The molecule has 0 spiro atoms. The van der Waals surface area contributed by atoms with E-state index in [0.717, 1.165) is 0 Å². The van der Waals surface area contributed by atoms with Gasteiger partial charge in [-0.25, -0.2) is 19.6 Å². The number of hydrogen-bond acceptors (Lipinski definition) is 6. The summed E-state index contributed by atoms with van der Waals surface area (Å²) in [5.74, 6) is -1.43. The number of carboxylic acid groups (broad SMARTS) is 1. The van der Waals surface area contributed by atoms with Crippen LogP contribution in [0.2, 0.25) is 0 Å². The van der Waals surface area contributed by atoms with Crippen molar-refractivity contribution >= 4 is 23.7 Å². The number of aromatic carboxylic acids is 1. The lowest BCUT2D eigenvalue weighted by Crippen LogP contribution is -2.04. The lowest BCUT2D eigenvalue weighted by molar-refractivity contribution is 0.0525. The Labute approximate surface area is 125 Å². The van der Waals surface area contributed by atoms with Gasteiger partial charge in [-0.3, -0.25) is 0 Å². The molecule has 2 aromatic rings. The second-order valence-electron chi connectivity index (χ2n) is 3.90. The lowest BCUT2D eigenvalue weighted by Gasteiger charge is -2.03. The number of rotatable bonds is 5. The average Bonchev–Trinajstić information content (AvgIpc) is 2.49. The predicted molar refractivity (Wildman–Crippen MR) is 75.5 cm³/mol. The van der Waals surface area contributed by atoms with Gasteiger partial charge in [0.1, 0.15) is 10.1 Å². The second kappa shape index (κ2) is 6.85. The monoisotopic (exact) mass is 304 g/mol. The molecule has 2 rings (SSSR count). The van der Waals surface area contributed by atoms with Crippen molar-refractivity contribution in [3.05, 3.63) is 47.8 Å². The molecule has 1 N–H and O–H groups in total. The first-order chi connectivity index (χ1) is 10.1. The fourth-order valence-electron chi connectivity index (χ4n) is 1.45. The summed E-state index contributed by atoms with van der Waals surface area (Å²) in [7, 11) is 0. The zero-order valence-corrected chi connectivity index (χ0v) is 12.0. The van der Waals surface area contributed by atoms with Crippen molar-refractivity contribution in [2.75, 3.05) is 6.61 Å². The maximum Gasteiger partial charge on any atom is 0.339 e. The largest absolute Gasteiger partial charge is 0.478 e. The third-order valence-corrected chi connectivity index (χ3v) is 3.34. The van der Waals surface area contributed by atoms with Gasteiger partial charge in [0, 0.05) is 12.4 Å². The van der Waals surface area contributed by atoms with Gasteiger partial charge in [0.2, 0.25) is 0 Å². The van der Waals surface area contributed by atoms with E-state index in [0.29, 0.717) is 22.2 Å². The highest BCUT2D eigenvalue weighted by atomic mass is 32.2. The Morgan fingerprint density at radius 2 is 1.67 bits per heavy atom. The van der Waals surface area contributed by atoms with Crippen molar-refractivity contribution in [3.8, 4) is 0 Å². The zero-order chi connectivity index (χ0) is 15.2. The molecule has 0 aliphatic heterocycles. The van der Waals surface area contributed by atoms with Crippen LogP contribution in [0.4, 0.5) is 0 Å². The summed E-state index contributed by atoms with van der Waals surface area (Å²) in [6, 6.07) is 6.39. The van der Waals surface area contributed by atoms with Crippen LogP contribution in [-0.4, -0.2) is 33.6 Å². The van der Waals surface area contributed by atoms with Crippen LogP contribution in [0.5, 0.6) is 0 Å². The van der Waals surface area contributed by atoms with Crippen LogP contribution >= 0.6 is 11.8 Å². The molecular weight excluding hydrogens is 292 g/mol. The van der Waals surface area contributed by atoms with Gasteiger partial charge < -0.3 is 9.84 Å². The smallest absolute Gasteiger partial charge is 0.339 e. The van der Waals surface area contributed by atoms with Gasteiger partial charge in [0.15, 0.2) is 0 Å². The van der Waals surface area contributed by atoms with Crippen molar-refractivity contribution < 1.29 is 19.4 Å². The number of hydrogen-bond donors (Lipinski definition) is 1. The molecule has 0 amide bonds. The molecule has 0 saturated heterocycles. The van der Waals surface area contributed by atoms with Crippen molar-refractivity contribution in [1.29, 1.82) is 0 Å². The molecule has 0 radical (unpaired) electrons. The van der Waals surface area contributed by atoms with E-state index in [-0.39, 0.29) is 5.56 Å². The van der Waals surface area contributed by atoms with Crippen molar-refractivity contribution in [2.45, 2.75) is 17.0 Å². The van der Waals surface area contributed by atoms with Gasteiger partial charge in [0.25, 0.3) is 0 Å². The van der Waals surface area contributed by atoms with E-state index in [1.165, 1.54) is 30.2 Å². The van der Waals surface area contributed by atoms with E-state index in [1.807, 2.05) is 0 Å². The highest BCUT2D eigenvalue weighted by molar-refractivity contribution is 7.99. The quantitative estimate of drug-likeness (QED) is 0.849. The molecule has 7 heteroatoms. The number of pyridine rings is 2. The first-order valence-corrected chi connectivity index (χ1v) is 6.92. The molecule has 21 heavy (non-hydrogen) atoms. The van der Waals surface area contributed by atoms with Crippen LogP contribution in [0.3, 0.4) is 0 Å². The number of ether oxygens (including phenoxy) is 1.